The molecule has 0 aliphatic carbocycles. The third-order valence-electron chi connectivity index (χ3n) is 3.63. The van der Waals surface area contributed by atoms with E-state index >= 15 is 0 Å². The summed E-state index contributed by atoms with van der Waals surface area (Å²) < 4.78 is 12.2. The van der Waals surface area contributed by atoms with Crippen molar-refractivity contribution in [2.24, 2.45) is 0 Å². The van der Waals surface area contributed by atoms with Gasteiger partial charge in [0.1, 0.15) is 11.4 Å². The number of aryl methyl sites for hydroxylation is 1. The van der Waals surface area contributed by atoms with Gasteiger partial charge in [0.25, 0.3) is 0 Å². The molecule has 0 N–H and O–H groups in total. The first kappa shape index (κ1) is 14.5. The van der Waals surface area contributed by atoms with Crippen LogP contribution in [0.4, 0.5) is 0 Å². The fourth-order valence-electron chi connectivity index (χ4n) is 2.70. The lowest BCUT2D eigenvalue weighted by Crippen LogP contribution is -2.24. The van der Waals surface area contributed by atoms with Crippen molar-refractivity contribution < 1.29 is 9.47 Å². The van der Waals surface area contributed by atoms with Crippen molar-refractivity contribution in [3.63, 3.8) is 0 Å². The summed E-state index contributed by atoms with van der Waals surface area (Å²) in [5, 5.41) is 0.769. The summed E-state index contributed by atoms with van der Waals surface area (Å²) in [6, 6.07) is 12.3. The van der Waals surface area contributed by atoms with E-state index in [1.54, 1.807) is 0 Å². The number of hydrogen-bond acceptors (Lipinski definition) is 2. The monoisotopic (exact) mass is 346 g/mol. The zero-order chi connectivity index (χ0) is 15.0. The topological polar surface area (TPSA) is 18.5 Å². The van der Waals surface area contributed by atoms with E-state index in [0.29, 0.717) is 0 Å². The van der Waals surface area contributed by atoms with Crippen LogP contribution in [0.3, 0.4) is 0 Å². The number of hydrogen-bond donors (Lipinski definition) is 0. The Labute approximate surface area is 134 Å². The summed E-state index contributed by atoms with van der Waals surface area (Å²) in [4.78, 5) is 0. The zero-order valence-corrected chi connectivity index (χ0v) is 14.2. The molecule has 1 aliphatic rings. The maximum Gasteiger partial charge on any atom is 0.169 e. The second kappa shape index (κ2) is 5.38. The lowest BCUT2D eigenvalue weighted by Gasteiger charge is -2.18. The number of ether oxygens (including phenoxy) is 2. The van der Waals surface area contributed by atoms with Gasteiger partial charge < -0.3 is 9.47 Å². The van der Waals surface area contributed by atoms with Crippen LogP contribution in [0.15, 0.2) is 36.4 Å². The molecule has 21 heavy (non-hydrogen) atoms. The molecule has 0 atom stereocenters. The molecule has 0 saturated carbocycles. The SMILES string of the molecule is Cc1ccc(Oc2cccc3c2OC(C)(C)C3)c(CBr)c1. The van der Waals surface area contributed by atoms with Gasteiger partial charge in [0.2, 0.25) is 0 Å². The van der Waals surface area contributed by atoms with Crippen LogP contribution in [-0.2, 0) is 11.8 Å². The highest BCUT2D eigenvalue weighted by Gasteiger charge is 2.32. The third-order valence-corrected chi connectivity index (χ3v) is 4.24. The summed E-state index contributed by atoms with van der Waals surface area (Å²) in [7, 11) is 0. The molecule has 0 unspecified atom stereocenters. The molecule has 0 spiro atoms. The molecule has 0 amide bonds. The van der Waals surface area contributed by atoms with Crippen molar-refractivity contribution in [2.45, 2.75) is 38.1 Å². The lowest BCUT2D eigenvalue weighted by molar-refractivity contribution is 0.135. The minimum atomic E-state index is -0.159. The van der Waals surface area contributed by atoms with Crippen LogP contribution >= 0.6 is 15.9 Å². The van der Waals surface area contributed by atoms with Gasteiger partial charge in [0, 0.05) is 22.9 Å². The van der Waals surface area contributed by atoms with Gasteiger partial charge in [-0.05, 0) is 32.9 Å². The molecular weight excluding hydrogens is 328 g/mol. The summed E-state index contributed by atoms with van der Waals surface area (Å²) in [6.45, 7) is 6.29. The molecule has 3 heteroatoms. The van der Waals surface area contributed by atoms with Gasteiger partial charge >= 0.3 is 0 Å². The largest absolute Gasteiger partial charge is 0.483 e. The lowest BCUT2D eigenvalue weighted by atomic mass is 10.0. The average Bonchev–Trinajstić information content (AvgIpc) is 2.75. The van der Waals surface area contributed by atoms with E-state index in [-0.39, 0.29) is 5.60 Å². The van der Waals surface area contributed by atoms with E-state index < -0.39 is 0 Å². The van der Waals surface area contributed by atoms with Crippen molar-refractivity contribution in [3.8, 4) is 17.2 Å². The molecule has 110 valence electrons. The van der Waals surface area contributed by atoms with E-state index in [0.717, 1.165) is 34.6 Å². The van der Waals surface area contributed by atoms with E-state index in [9.17, 15) is 0 Å². The summed E-state index contributed by atoms with van der Waals surface area (Å²) in [5.74, 6) is 2.55. The molecule has 0 saturated heterocycles. The van der Waals surface area contributed by atoms with Crippen LogP contribution in [0.5, 0.6) is 17.2 Å². The van der Waals surface area contributed by atoms with Crippen molar-refractivity contribution >= 4 is 15.9 Å². The highest BCUT2D eigenvalue weighted by molar-refractivity contribution is 9.08. The van der Waals surface area contributed by atoms with Gasteiger partial charge in [0.15, 0.2) is 11.5 Å². The Hall–Kier alpha value is -1.48. The van der Waals surface area contributed by atoms with Crippen LogP contribution in [0, 0.1) is 6.92 Å². The van der Waals surface area contributed by atoms with Gasteiger partial charge in [-0.15, -0.1) is 0 Å². The van der Waals surface area contributed by atoms with Crippen LogP contribution in [0.25, 0.3) is 0 Å². The highest BCUT2D eigenvalue weighted by atomic mass is 79.9. The Bertz CT molecular complexity index is 677. The number of halogens is 1. The van der Waals surface area contributed by atoms with Crippen molar-refractivity contribution in [2.75, 3.05) is 0 Å². The molecule has 0 fully saturated rings. The van der Waals surface area contributed by atoms with Crippen LogP contribution < -0.4 is 9.47 Å². The highest BCUT2D eigenvalue weighted by Crippen LogP contribution is 2.43. The summed E-state index contributed by atoms with van der Waals surface area (Å²) >= 11 is 3.53. The van der Waals surface area contributed by atoms with Crippen LogP contribution in [0.1, 0.15) is 30.5 Å². The normalized spacial score (nSPS) is 15.4. The Kier molecular flexibility index (Phi) is 3.70. The number of benzene rings is 2. The molecule has 0 aromatic heterocycles. The Morgan fingerprint density at radius 1 is 1.19 bits per heavy atom. The minimum Gasteiger partial charge on any atom is -0.483 e. The Balaban J connectivity index is 1.96. The molecule has 2 aromatic rings. The molecule has 1 aliphatic heterocycles. The molecule has 0 radical (unpaired) electrons. The van der Waals surface area contributed by atoms with E-state index in [1.165, 1.54) is 11.1 Å². The fraction of sp³-hybridized carbons (Fsp3) is 0.333. The molecule has 1 heterocycles. The zero-order valence-electron chi connectivity index (χ0n) is 12.6. The van der Waals surface area contributed by atoms with Crippen LogP contribution in [-0.4, -0.2) is 5.60 Å². The maximum absolute atomic E-state index is 6.14. The molecule has 2 nitrogen and oxygen atoms in total. The predicted octanol–water partition coefficient (Wildman–Crippen LogP) is 5.40. The fourth-order valence-corrected chi connectivity index (χ4v) is 3.14. The van der Waals surface area contributed by atoms with Gasteiger partial charge in [-0.3, -0.25) is 0 Å². The van der Waals surface area contributed by atoms with Gasteiger partial charge in [-0.1, -0.05) is 45.8 Å². The van der Waals surface area contributed by atoms with Gasteiger partial charge in [-0.25, -0.2) is 0 Å². The first-order valence-corrected chi connectivity index (χ1v) is 8.25. The van der Waals surface area contributed by atoms with Crippen molar-refractivity contribution in [1.29, 1.82) is 0 Å². The predicted molar refractivity (Wildman–Crippen MR) is 88.7 cm³/mol. The Morgan fingerprint density at radius 2 is 2.00 bits per heavy atom. The quantitative estimate of drug-likeness (QED) is 0.693. The molecule has 3 rings (SSSR count). The van der Waals surface area contributed by atoms with E-state index in [2.05, 4.69) is 54.9 Å². The molecule has 0 bridgehead atoms. The summed E-state index contributed by atoms with van der Waals surface area (Å²) in [6.07, 6.45) is 0.915. The van der Waals surface area contributed by atoms with Gasteiger partial charge in [-0.2, -0.15) is 0 Å². The van der Waals surface area contributed by atoms with E-state index in [1.807, 2.05) is 18.2 Å². The first-order valence-electron chi connectivity index (χ1n) is 7.13. The minimum absolute atomic E-state index is 0.159. The standard InChI is InChI=1S/C18H19BrO2/c1-12-7-8-15(14(9-12)11-19)20-16-6-4-5-13-10-18(2,3)21-17(13)16/h4-9H,10-11H2,1-3H3. The molecule has 2 aromatic carbocycles. The van der Waals surface area contributed by atoms with E-state index in [4.69, 9.17) is 9.47 Å². The third kappa shape index (κ3) is 2.93. The van der Waals surface area contributed by atoms with Crippen molar-refractivity contribution in [3.05, 3.63) is 53.1 Å². The number of rotatable bonds is 3. The Morgan fingerprint density at radius 3 is 2.76 bits per heavy atom. The smallest absolute Gasteiger partial charge is 0.169 e. The number of para-hydroxylation sites is 1. The number of fused-ring (bicyclic) bond motifs is 1. The van der Waals surface area contributed by atoms with Crippen LogP contribution in [0.2, 0.25) is 0 Å². The van der Waals surface area contributed by atoms with Crippen molar-refractivity contribution in [1.82, 2.24) is 0 Å². The second-order valence-electron chi connectivity index (χ2n) is 6.13. The average molecular weight is 347 g/mol. The second-order valence-corrected chi connectivity index (χ2v) is 6.69. The first-order chi connectivity index (χ1) is 9.98. The molecular formula is C18H19BrO2. The number of alkyl halides is 1. The maximum atomic E-state index is 6.14. The summed E-state index contributed by atoms with van der Waals surface area (Å²) in [5.41, 5.74) is 3.43. The van der Waals surface area contributed by atoms with Gasteiger partial charge in [0.05, 0.1) is 0 Å².